The van der Waals surface area contributed by atoms with Crippen molar-refractivity contribution in [3.05, 3.63) is 18.1 Å². The number of hydrogen-bond acceptors (Lipinski definition) is 3. The van der Waals surface area contributed by atoms with Gasteiger partial charge >= 0.3 is 6.18 Å². The van der Waals surface area contributed by atoms with Crippen LogP contribution >= 0.6 is 11.8 Å². The summed E-state index contributed by atoms with van der Waals surface area (Å²) >= 11 is 1.30. The van der Waals surface area contributed by atoms with Crippen LogP contribution in [0.25, 0.3) is 0 Å². The molecule has 1 atom stereocenters. The van der Waals surface area contributed by atoms with Crippen LogP contribution in [0.1, 0.15) is 18.6 Å². The van der Waals surface area contributed by atoms with E-state index in [0.717, 1.165) is 10.7 Å². The highest BCUT2D eigenvalue weighted by Gasteiger charge is 2.42. The maximum atomic E-state index is 12.7. The van der Waals surface area contributed by atoms with Gasteiger partial charge in [0.1, 0.15) is 5.76 Å². The molecule has 0 N–H and O–H groups in total. The van der Waals surface area contributed by atoms with Crippen molar-refractivity contribution in [3.8, 4) is 0 Å². The summed E-state index contributed by atoms with van der Waals surface area (Å²) in [7, 11) is 0. The third-order valence-corrected chi connectivity index (χ3v) is 4.53. The maximum Gasteiger partial charge on any atom is 0.393 e. The number of nitrogens with zero attached hydrogens (tertiary/aromatic N) is 1. The summed E-state index contributed by atoms with van der Waals surface area (Å²) in [6, 6.07) is 1.75. The molecule has 1 fully saturated rings. The van der Waals surface area contributed by atoms with Gasteiger partial charge in [-0.1, -0.05) is 0 Å². The SMILES string of the molecule is Cc1occc1SCC(=O)N1CCC[C@H](C(F)(F)F)C1. The van der Waals surface area contributed by atoms with Crippen molar-refractivity contribution in [1.29, 1.82) is 0 Å². The highest BCUT2D eigenvalue weighted by atomic mass is 32.2. The molecule has 0 bridgehead atoms. The van der Waals surface area contributed by atoms with Gasteiger partial charge in [-0.25, -0.2) is 0 Å². The number of hydrogen-bond donors (Lipinski definition) is 0. The van der Waals surface area contributed by atoms with Crippen LogP contribution in [0.3, 0.4) is 0 Å². The molecule has 0 aliphatic carbocycles. The monoisotopic (exact) mass is 307 g/mol. The number of likely N-dealkylation sites (tertiary alicyclic amines) is 1. The standard InChI is InChI=1S/C13H16F3NO2S/c1-9-11(4-6-19-9)20-8-12(18)17-5-2-3-10(7-17)13(14,15)16/h4,6,10H,2-3,5,7-8H2,1H3/t10-/m0/s1. The number of carbonyl (C=O) groups is 1. The number of rotatable bonds is 3. The first-order chi connectivity index (χ1) is 9.38. The van der Waals surface area contributed by atoms with Crippen LogP contribution in [0.4, 0.5) is 13.2 Å². The van der Waals surface area contributed by atoms with E-state index in [1.54, 1.807) is 13.0 Å². The van der Waals surface area contributed by atoms with Gasteiger partial charge in [0.2, 0.25) is 5.91 Å². The minimum atomic E-state index is -4.22. The third-order valence-electron chi connectivity index (χ3n) is 3.40. The van der Waals surface area contributed by atoms with Gasteiger partial charge in [-0.3, -0.25) is 4.79 Å². The van der Waals surface area contributed by atoms with Crippen LogP contribution in [0, 0.1) is 12.8 Å². The zero-order valence-electron chi connectivity index (χ0n) is 11.1. The van der Waals surface area contributed by atoms with E-state index < -0.39 is 12.1 Å². The summed E-state index contributed by atoms with van der Waals surface area (Å²) in [5.74, 6) is -0.773. The van der Waals surface area contributed by atoms with Crippen LogP contribution in [0.5, 0.6) is 0 Å². The Morgan fingerprint density at radius 3 is 2.90 bits per heavy atom. The van der Waals surface area contributed by atoms with Crippen molar-refractivity contribution in [2.24, 2.45) is 5.92 Å². The highest BCUT2D eigenvalue weighted by Crippen LogP contribution is 2.33. The molecule has 1 amide bonds. The number of halogens is 3. The lowest BCUT2D eigenvalue weighted by atomic mass is 9.97. The van der Waals surface area contributed by atoms with Crippen LogP contribution in [0.2, 0.25) is 0 Å². The van der Waals surface area contributed by atoms with Gasteiger partial charge in [-0.2, -0.15) is 13.2 Å². The molecule has 112 valence electrons. The molecule has 3 nitrogen and oxygen atoms in total. The Labute approximate surface area is 119 Å². The van der Waals surface area contributed by atoms with E-state index in [4.69, 9.17) is 4.42 Å². The molecule has 1 aliphatic heterocycles. The fourth-order valence-corrected chi connectivity index (χ4v) is 3.09. The largest absolute Gasteiger partial charge is 0.468 e. The minimum Gasteiger partial charge on any atom is -0.468 e. The first-order valence-electron chi connectivity index (χ1n) is 6.39. The lowest BCUT2D eigenvalue weighted by Gasteiger charge is -2.33. The molecule has 1 saturated heterocycles. The molecule has 0 radical (unpaired) electrons. The quantitative estimate of drug-likeness (QED) is 0.802. The van der Waals surface area contributed by atoms with Gasteiger partial charge < -0.3 is 9.32 Å². The fraction of sp³-hybridized carbons (Fsp3) is 0.615. The zero-order chi connectivity index (χ0) is 14.8. The first kappa shape index (κ1) is 15.3. The number of amides is 1. The van der Waals surface area contributed by atoms with Gasteiger partial charge in [0.25, 0.3) is 0 Å². The predicted molar refractivity (Wildman–Crippen MR) is 69.5 cm³/mol. The number of piperidine rings is 1. The summed E-state index contributed by atoms with van der Waals surface area (Å²) in [5, 5.41) is 0. The molecule has 2 heterocycles. The minimum absolute atomic E-state index is 0.112. The average Bonchev–Trinajstić information content (AvgIpc) is 2.81. The molecule has 1 aromatic rings. The molecule has 7 heteroatoms. The van der Waals surface area contributed by atoms with Crippen molar-refractivity contribution >= 4 is 17.7 Å². The molecule has 0 saturated carbocycles. The summed E-state index contributed by atoms with van der Waals surface area (Å²) in [5.41, 5.74) is 0. The summed E-state index contributed by atoms with van der Waals surface area (Å²) in [6.07, 6.45) is -2.16. The van der Waals surface area contributed by atoms with Crippen LogP contribution in [-0.2, 0) is 4.79 Å². The summed E-state index contributed by atoms with van der Waals surface area (Å²) < 4.78 is 43.2. The van der Waals surface area contributed by atoms with Gasteiger partial charge in [-0.15, -0.1) is 11.8 Å². The number of furan rings is 1. The molecule has 0 spiro atoms. The molecule has 1 aromatic heterocycles. The van der Waals surface area contributed by atoms with Gasteiger partial charge in [0, 0.05) is 18.0 Å². The van der Waals surface area contributed by atoms with E-state index in [-0.39, 0.29) is 24.6 Å². The van der Waals surface area contributed by atoms with Gasteiger partial charge in [-0.05, 0) is 25.8 Å². The second-order valence-corrected chi connectivity index (χ2v) is 5.87. The van der Waals surface area contributed by atoms with E-state index in [1.165, 1.54) is 22.9 Å². The van der Waals surface area contributed by atoms with E-state index >= 15 is 0 Å². The van der Waals surface area contributed by atoms with Crippen molar-refractivity contribution < 1.29 is 22.4 Å². The smallest absolute Gasteiger partial charge is 0.393 e. The average molecular weight is 307 g/mol. The number of carbonyl (C=O) groups excluding carboxylic acids is 1. The van der Waals surface area contributed by atoms with Crippen LogP contribution in [0.15, 0.2) is 21.6 Å². The molecular weight excluding hydrogens is 291 g/mol. The van der Waals surface area contributed by atoms with Crippen molar-refractivity contribution in [3.63, 3.8) is 0 Å². The first-order valence-corrected chi connectivity index (χ1v) is 7.38. The van der Waals surface area contributed by atoms with Gasteiger partial charge in [0.05, 0.1) is 17.9 Å². The molecule has 2 rings (SSSR count). The Morgan fingerprint density at radius 2 is 2.30 bits per heavy atom. The Hall–Kier alpha value is -1.11. The Kier molecular flexibility index (Phi) is 4.67. The predicted octanol–water partition coefficient (Wildman–Crippen LogP) is 3.48. The summed E-state index contributed by atoms with van der Waals surface area (Å²) in [6.45, 7) is 1.98. The van der Waals surface area contributed by atoms with E-state index in [0.29, 0.717) is 13.0 Å². The lowest BCUT2D eigenvalue weighted by molar-refractivity contribution is -0.187. The van der Waals surface area contributed by atoms with E-state index in [2.05, 4.69) is 0 Å². The Balaban J connectivity index is 1.88. The normalized spacial score (nSPS) is 20.2. The number of thioether (sulfide) groups is 1. The molecule has 0 unspecified atom stereocenters. The summed E-state index contributed by atoms with van der Waals surface area (Å²) in [4.78, 5) is 14.2. The molecule has 1 aliphatic rings. The molecule has 0 aromatic carbocycles. The van der Waals surface area contributed by atoms with Gasteiger partial charge in [0.15, 0.2) is 0 Å². The van der Waals surface area contributed by atoms with Crippen molar-refractivity contribution in [2.75, 3.05) is 18.8 Å². The van der Waals surface area contributed by atoms with Crippen molar-refractivity contribution in [1.82, 2.24) is 4.90 Å². The topological polar surface area (TPSA) is 33.5 Å². The van der Waals surface area contributed by atoms with Crippen molar-refractivity contribution in [2.45, 2.75) is 30.8 Å². The highest BCUT2D eigenvalue weighted by molar-refractivity contribution is 8.00. The second kappa shape index (κ2) is 6.11. The third kappa shape index (κ3) is 3.71. The fourth-order valence-electron chi connectivity index (χ4n) is 2.22. The van der Waals surface area contributed by atoms with Crippen LogP contribution < -0.4 is 0 Å². The lowest BCUT2D eigenvalue weighted by Crippen LogP contribution is -2.45. The maximum absolute atomic E-state index is 12.7. The number of alkyl halides is 3. The van der Waals surface area contributed by atoms with Crippen LogP contribution in [-0.4, -0.2) is 35.8 Å². The van der Waals surface area contributed by atoms with E-state index in [9.17, 15) is 18.0 Å². The number of aryl methyl sites for hydroxylation is 1. The molecule has 20 heavy (non-hydrogen) atoms. The zero-order valence-corrected chi connectivity index (χ0v) is 11.9. The molecular formula is C13H16F3NO2S. The second-order valence-electron chi connectivity index (χ2n) is 4.85. The Morgan fingerprint density at radius 1 is 1.55 bits per heavy atom. The Bertz CT molecular complexity index is 472. The van der Waals surface area contributed by atoms with E-state index in [1.807, 2.05) is 0 Å².